The predicted octanol–water partition coefficient (Wildman–Crippen LogP) is 4.88. The Morgan fingerprint density at radius 2 is 1.79 bits per heavy atom. The van der Waals surface area contributed by atoms with Crippen LogP contribution in [0.2, 0.25) is 10.0 Å². The van der Waals surface area contributed by atoms with Gasteiger partial charge in [0.15, 0.2) is 11.5 Å². The number of thioether (sulfide) groups is 1. The van der Waals surface area contributed by atoms with Crippen molar-refractivity contribution in [1.29, 1.82) is 0 Å². The van der Waals surface area contributed by atoms with E-state index in [4.69, 9.17) is 32.7 Å². The molecule has 0 fully saturated rings. The standard InChI is InChI=1S/C17H15Cl2NO3S/c1-10(24-16-12(18)3-2-4-13(16)19)17(21)20-11-5-6-14-15(9-11)23-8-7-22-14/h2-6,9-10H,7-8H2,1H3,(H,20,21)/t10-/m0/s1. The summed E-state index contributed by atoms with van der Waals surface area (Å²) in [4.78, 5) is 13.1. The Hall–Kier alpha value is -1.56. The largest absolute Gasteiger partial charge is 0.486 e. The van der Waals surface area contributed by atoms with Crippen LogP contribution in [0.3, 0.4) is 0 Å². The molecule has 0 aromatic heterocycles. The number of nitrogens with one attached hydrogen (secondary N) is 1. The van der Waals surface area contributed by atoms with Gasteiger partial charge in [0.05, 0.1) is 15.3 Å². The Labute approximate surface area is 154 Å². The van der Waals surface area contributed by atoms with E-state index in [-0.39, 0.29) is 11.2 Å². The second kappa shape index (κ2) is 7.55. The van der Waals surface area contributed by atoms with Crippen molar-refractivity contribution in [2.75, 3.05) is 18.5 Å². The third-order valence-corrected chi connectivity index (χ3v) is 5.49. The molecule has 0 saturated heterocycles. The van der Waals surface area contributed by atoms with Crippen LogP contribution in [0.5, 0.6) is 11.5 Å². The van der Waals surface area contributed by atoms with Gasteiger partial charge in [-0.05, 0) is 31.2 Å². The van der Waals surface area contributed by atoms with Crippen LogP contribution in [0.4, 0.5) is 5.69 Å². The molecule has 0 aliphatic carbocycles. The number of benzene rings is 2. The highest BCUT2D eigenvalue weighted by Gasteiger charge is 2.19. The van der Waals surface area contributed by atoms with Gasteiger partial charge in [-0.2, -0.15) is 0 Å². The molecule has 0 radical (unpaired) electrons. The lowest BCUT2D eigenvalue weighted by molar-refractivity contribution is -0.115. The fourth-order valence-corrected chi connectivity index (χ4v) is 3.74. The van der Waals surface area contributed by atoms with E-state index in [1.807, 2.05) is 0 Å². The quantitative estimate of drug-likeness (QED) is 0.763. The number of carbonyl (C=O) groups is 1. The van der Waals surface area contributed by atoms with Gasteiger partial charge >= 0.3 is 0 Å². The first kappa shape index (κ1) is 17.3. The monoisotopic (exact) mass is 383 g/mol. The molecule has 1 amide bonds. The first-order valence-electron chi connectivity index (χ1n) is 7.36. The summed E-state index contributed by atoms with van der Waals surface area (Å²) in [7, 11) is 0. The normalized spacial score (nSPS) is 14.1. The molecule has 3 rings (SSSR count). The zero-order valence-electron chi connectivity index (χ0n) is 12.8. The molecule has 4 nitrogen and oxygen atoms in total. The molecule has 0 spiro atoms. The summed E-state index contributed by atoms with van der Waals surface area (Å²) in [5.41, 5.74) is 0.655. The topological polar surface area (TPSA) is 47.6 Å². The highest BCUT2D eigenvalue weighted by molar-refractivity contribution is 8.00. The minimum absolute atomic E-state index is 0.146. The van der Waals surface area contributed by atoms with Crippen molar-refractivity contribution in [1.82, 2.24) is 0 Å². The van der Waals surface area contributed by atoms with Gasteiger partial charge in [-0.15, -0.1) is 11.8 Å². The molecule has 126 valence electrons. The molecule has 1 N–H and O–H groups in total. The Balaban J connectivity index is 1.68. The number of halogens is 2. The lowest BCUT2D eigenvalue weighted by atomic mass is 10.2. The number of fused-ring (bicyclic) bond motifs is 1. The average Bonchev–Trinajstić information content (AvgIpc) is 2.58. The number of anilines is 1. The molecule has 1 aliphatic heterocycles. The van der Waals surface area contributed by atoms with Crippen molar-refractivity contribution < 1.29 is 14.3 Å². The van der Waals surface area contributed by atoms with E-state index in [1.165, 1.54) is 11.8 Å². The molecule has 2 aromatic carbocycles. The van der Waals surface area contributed by atoms with Gasteiger partial charge in [-0.3, -0.25) is 4.79 Å². The molecule has 0 unspecified atom stereocenters. The summed E-state index contributed by atoms with van der Waals surface area (Å²) in [6.45, 7) is 2.84. The first-order chi connectivity index (χ1) is 11.5. The fourth-order valence-electron chi connectivity index (χ4n) is 2.19. The smallest absolute Gasteiger partial charge is 0.237 e. The van der Waals surface area contributed by atoms with Gasteiger partial charge in [0, 0.05) is 16.6 Å². The van der Waals surface area contributed by atoms with E-state index in [9.17, 15) is 4.79 Å². The zero-order valence-corrected chi connectivity index (χ0v) is 15.2. The van der Waals surface area contributed by atoms with Crippen molar-refractivity contribution in [3.05, 3.63) is 46.4 Å². The summed E-state index contributed by atoms with van der Waals surface area (Å²) in [5, 5.41) is 3.57. The van der Waals surface area contributed by atoms with E-state index in [0.29, 0.717) is 45.3 Å². The SMILES string of the molecule is C[C@H](Sc1c(Cl)cccc1Cl)C(=O)Nc1ccc2c(c1)OCCO2. The molecule has 1 atom stereocenters. The third kappa shape index (κ3) is 3.91. The number of ether oxygens (including phenoxy) is 2. The van der Waals surface area contributed by atoms with Crippen molar-refractivity contribution in [3.63, 3.8) is 0 Å². The van der Waals surface area contributed by atoms with Crippen LogP contribution < -0.4 is 14.8 Å². The van der Waals surface area contributed by atoms with Gasteiger partial charge in [0.1, 0.15) is 13.2 Å². The second-order valence-electron chi connectivity index (χ2n) is 5.16. The maximum atomic E-state index is 12.4. The predicted molar refractivity (Wildman–Crippen MR) is 97.8 cm³/mol. The summed E-state index contributed by atoms with van der Waals surface area (Å²) >= 11 is 13.6. The summed E-state index contributed by atoms with van der Waals surface area (Å²) in [5.74, 6) is 1.17. The van der Waals surface area contributed by atoms with Crippen LogP contribution in [-0.2, 0) is 4.79 Å². The molecular weight excluding hydrogens is 369 g/mol. The summed E-state index contributed by atoms with van der Waals surface area (Å²) in [6, 6.07) is 10.6. The van der Waals surface area contributed by atoms with Crippen LogP contribution in [0.15, 0.2) is 41.3 Å². The zero-order chi connectivity index (χ0) is 17.1. The van der Waals surface area contributed by atoms with Crippen LogP contribution in [-0.4, -0.2) is 24.4 Å². The Morgan fingerprint density at radius 3 is 2.50 bits per heavy atom. The van der Waals surface area contributed by atoms with E-state index >= 15 is 0 Å². The van der Waals surface area contributed by atoms with Gasteiger partial charge in [-0.25, -0.2) is 0 Å². The minimum atomic E-state index is -0.365. The number of hydrogen-bond acceptors (Lipinski definition) is 4. The molecule has 2 aromatic rings. The van der Waals surface area contributed by atoms with Crippen molar-refractivity contribution in [3.8, 4) is 11.5 Å². The maximum absolute atomic E-state index is 12.4. The first-order valence-corrected chi connectivity index (χ1v) is 8.99. The lowest BCUT2D eigenvalue weighted by Crippen LogP contribution is -2.22. The van der Waals surface area contributed by atoms with Crippen molar-refractivity contribution >= 4 is 46.6 Å². The number of hydrogen-bond donors (Lipinski definition) is 1. The number of amides is 1. The fraction of sp³-hybridized carbons (Fsp3) is 0.235. The van der Waals surface area contributed by atoms with Crippen molar-refractivity contribution in [2.24, 2.45) is 0 Å². The minimum Gasteiger partial charge on any atom is -0.486 e. The Kier molecular flexibility index (Phi) is 5.43. The molecule has 0 saturated carbocycles. The molecule has 24 heavy (non-hydrogen) atoms. The van der Waals surface area contributed by atoms with Gasteiger partial charge in [0.25, 0.3) is 0 Å². The Bertz CT molecular complexity index is 749. The van der Waals surface area contributed by atoms with Crippen LogP contribution in [0.25, 0.3) is 0 Å². The van der Waals surface area contributed by atoms with Gasteiger partial charge in [0.2, 0.25) is 5.91 Å². The molecule has 7 heteroatoms. The van der Waals surface area contributed by atoms with Gasteiger partial charge in [-0.1, -0.05) is 29.3 Å². The molecule has 0 bridgehead atoms. The van der Waals surface area contributed by atoms with E-state index in [1.54, 1.807) is 43.3 Å². The molecule has 1 aliphatic rings. The van der Waals surface area contributed by atoms with Crippen LogP contribution >= 0.6 is 35.0 Å². The summed E-state index contributed by atoms with van der Waals surface area (Å²) in [6.07, 6.45) is 0. The molecule has 1 heterocycles. The van der Waals surface area contributed by atoms with Crippen LogP contribution in [0, 0.1) is 0 Å². The van der Waals surface area contributed by atoms with E-state index in [0.717, 1.165) is 0 Å². The van der Waals surface area contributed by atoms with Crippen molar-refractivity contribution in [2.45, 2.75) is 17.1 Å². The second-order valence-corrected chi connectivity index (χ2v) is 7.32. The van der Waals surface area contributed by atoms with Gasteiger partial charge < -0.3 is 14.8 Å². The van der Waals surface area contributed by atoms with E-state index < -0.39 is 0 Å². The third-order valence-electron chi connectivity index (χ3n) is 3.39. The van der Waals surface area contributed by atoms with E-state index in [2.05, 4.69) is 5.32 Å². The van der Waals surface area contributed by atoms with Crippen LogP contribution in [0.1, 0.15) is 6.92 Å². The maximum Gasteiger partial charge on any atom is 0.237 e. The highest BCUT2D eigenvalue weighted by Crippen LogP contribution is 2.37. The number of rotatable bonds is 4. The Morgan fingerprint density at radius 1 is 1.12 bits per heavy atom. The molecular formula is C17H15Cl2NO3S. The lowest BCUT2D eigenvalue weighted by Gasteiger charge is -2.19. The average molecular weight is 384 g/mol. The highest BCUT2D eigenvalue weighted by atomic mass is 35.5. The summed E-state index contributed by atoms with van der Waals surface area (Å²) < 4.78 is 11.0. The number of carbonyl (C=O) groups excluding carboxylic acids is 1.